The van der Waals surface area contributed by atoms with E-state index in [0.717, 1.165) is 22.3 Å². The van der Waals surface area contributed by atoms with Gasteiger partial charge in [-0.1, -0.05) is 32.6 Å². The lowest BCUT2D eigenvalue weighted by molar-refractivity contribution is 0.289. The second-order valence-corrected chi connectivity index (χ2v) is 6.64. The summed E-state index contributed by atoms with van der Waals surface area (Å²) in [4.78, 5) is 8.78. The molecule has 3 aromatic rings. The average Bonchev–Trinajstić information content (AvgIpc) is 2.80. The molecule has 0 saturated heterocycles. The molecule has 1 heterocycles. The number of aromatic nitrogens is 2. The van der Waals surface area contributed by atoms with Crippen molar-refractivity contribution in [1.82, 2.24) is 9.97 Å². The fraction of sp³-hybridized carbons (Fsp3) is 0.280. The highest BCUT2D eigenvalue weighted by atomic mass is 19.1. The van der Waals surface area contributed by atoms with Crippen LogP contribution in [-0.2, 0) is 4.74 Å². The largest absolute Gasteiger partial charge is 0.494 e. The average molecular weight is 424 g/mol. The Morgan fingerprint density at radius 2 is 1.81 bits per heavy atom. The van der Waals surface area contributed by atoms with Gasteiger partial charge in [0.15, 0.2) is 0 Å². The molecule has 0 fully saturated rings. The molecule has 0 spiro atoms. The van der Waals surface area contributed by atoms with Gasteiger partial charge in [-0.25, -0.2) is 14.4 Å². The summed E-state index contributed by atoms with van der Waals surface area (Å²) >= 11 is 0. The zero-order chi connectivity index (χ0) is 23.0. The fourth-order valence-corrected chi connectivity index (χ4v) is 2.85. The zero-order valence-electron chi connectivity index (χ0n) is 19.0. The first kappa shape index (κ1) is 23.9. The Morgan fingerprint density at radius 1 is 1.13 bits per heavy atom. The summed E-state index contributed by atoms with van der Waals surface area (Å²) in [6.07, 6.45) is 3.36. The predicted octanol–water partition coefficient (Wildman–Crippen LogP) is 6.73. The van der Waals surface area contributed by atoms with Crippen molar-refractivity contribution in [3.05, 3.63) is 72.7 Å². The number of nitrogens with zero attached hydrogens (tertiary/aromatic N) is 2. The Hall–Kier alpha value is -3.41. The number of fused-ring (bicyclic) bond motifs is 1. The lowest BCUT2D eigenvalue weighted by atomic mass is 10.0. The molecule has 0 aliphatic rings. The van der Waals surface area contributed by atoms with Crippen LogP contribution in [0.5, 0.6) is 5.75 Å². The molecule has 1 unspecified atom stereocenters. The predicted molar refractivity (Wildman–Crippen MR) is 126 cm³/mol. The Morgan fingerprint density at radius 3 is 2.42 bits per heavy atom. The first-order valence-corrected chi connectivity index (χ1v) is 10.3. The number of ether oxygens (including phenoxy) is 2. The van der Waals surface area contributed by atoms with Gasteiger partial charge in [-0.2, -0.15) is 0 Å². The van der Waals surface area contributed by atoms with Gasteiger partial charge in [0.2, 0.25) is 0 Å². The molecule has 31 heavy (non-hydrogen) atoms. The van der Waals surface area contributed by atoms with Gasteiger partial charge in [-0.3, -0.25) is 0 Å². The maximum absolute atomic E-state index is 13.3. The second-order valence-electron chi connectivity index (χ2n) is 6.64. The van der Waals surface area contributed by atoms with E-state index in [1.165, 1.54) is 18.5 Å². The van der Waals surface area contributed by atoms with Crippen molar-refractivity contribution < 1.29 is 13.9 Å². The third-order valence-corrected chi connectivity index (χ3v) is 4.64. The summed E-state index contributed by atoms with van der Waals surface area (Å²) in [5.41, 5.74) is 2.42. The van der Waals surface area contributed by atoms with Gasteiger partial charge in [0.05, 0.1) is 18.9 Å². The van der Waals surface area contributed by atoms with E-state index in [0.29, 0.717) is 22.8 Å². The molecule has 0 radical (unpaired) electrons. The molecule has 6 heteroatoms. The summed E-state index contributed by atoms with van der Waals surface area (Å²) in [7, 11) is 1.59. The van der Waals surface area contributed by atoms with E-state index in [1.807, 2.05) is 52.8 Å². The number of halogens is 1. The van der Waals surface area contributed by atoms with Crippen molar-refractivity contribution in [2.75, 3.05) is 12.4 Å². The van der Waals surface area contributed by atoms with Crippen LogP contribution in [0.1, 0.15) is 34.6 Å². The van der Waals surface area contributed by atoms with Gasteiger partial charge in [-0.05, 0) is 62.2 Å². The van der Waals surface area contributed by atoms with Crippen molar-refractivity contribution in [3.63, 3.8) is 0 Å². The molecular formula is C25H30FN3O2. The Balaban J connectivity index is 0.00000166. The number of hydrogen-bond acceptors (Lipinski definition) is 5. The van der Waals surface area contributed by atoms with Crippen LogP contribution in [0.4, 0.5) is 10.2 Å². The fourth-order valence-electron chi connectivity index (χ4n) is 2.85. The maximum atomic E-state index is 13.3. The van der Waals surface area contributed by atoms with E-state index in [9.17, 15) is 4.39 Å². The minimum atomic E-state index is -0.282. The number of rotatable bonds is 7. The highest BCUT2D eigenvalue weighted by Gasteiger charge is 2.15. The standard InChI is InChI=1S/C23H24FN3O2.C2H6/c1-6-14(2)29-16(4)15(3)27-23-20-11-18(17-7-9-19(24)10-8-17)12-21(28-5)22(20)25-13-26-23;1-2/h6-13,15H,4H2,1-3,5H3,(H,25,26,27);1-2H3/b14-6-;. The monoisotopic (exact) mass is 423 g/mol. The molecule has 0 bridgehead atoms. The smallest absolute Gasteiger partial charge is 0.145 e. The van der Waals surface area contributed by atoms with Crippen LogP contribution < -0.4 is 10.1 Å². The van der Waals surface area contributed by atoms with E-state index in [-0.39, 0.29) is 11.9 Å². The number of nitrogens with one attached hydrogen (secondary N) is 1. The molecule has 0 aliphatic carbocycles. The van der Waals surface area contributed by atoms with Crippen molar-refractivity contribution >= 4 is 16.7 Å². The van der Waals surface area contributed by atoms with Crippen LogP contribution in [0.15, 0.2) is 66.9 Å². The number of allylic oxidation sites excluding steroid dienone is 2. The number of benzene rings is 2. The van der Waals surface area contributed by atoms with E-state index in [1.54, 1.807) is 19.2 Å². The van der Waals surface area contributed by atoms with Crippen LogP contribution in [0.2, 0.25) is 0 Å². The summed E-state index contributed by atoms with van der Waals surface area (Å²) in [6.45, 7) is 13.7. The lowest BCUT2D eigenvalue weighted by Crippen LogP contribution is -2.20. The Bertz CT molecular complexity index is 1060. The number of hydrogen-bond donors (Lipinski definition) is 1. The number of anilines is 1. The zero-order valence-corrected chi connectivity index (χ0v) is 19.0. The SMILES string of the molecule is C=C(O/C(C)=C\C)C(C)Nc1ncnc2c(OC)cc(-c3ccc(F)cc3)cc12.CC. The third kappa shape index (κ3) is 5.81. The first-order chi connectivity index (χ1) is 14.9. The highest BCUT2D eigenvalue weighted by molar-refractivity contribution is 5.96. The Labute approximate surface area is 183 Å². The van der Waals surface area contributed by atoms with Gasteiger partial charge in [0, 0.05) is 5.39 Å². The molecule has 0 aliphatic heterocycles. The van der Waals surface area contributed by atoms with Gasteiger partial charge in [-0.15, -0.1) is 0 Å². The van der Waals surface area contributed by atoms with Gasteiger partial charge in [0.1, 0.15) is 35.0 Å². The van der Waals surface area contributed by atoms with Crippen molar-refractivity contribution in [2.24, 2.45) is 0 Å². The van der Waals surface area contributed by atoms with E-state index in [4.69, 9.17) is 9.47 Å². The van der Waals surface area contributed by atoms with Gasteiger partial charge < -0.3 is 14.8 Å². The van der Waals surface area contributed by atoms with Crippen LogP contribution in [0.25, 0.3) is 22.0 Å². The normalized spacial score (nSPS) is 11.9. The molecule has 0 amide bonds. The topological polar surface area (TPSA) is 56.3 Å². The van der Waals surface area contributed by atoms with Crippen molar-refractivity contribution in [1.29, 1.82) is 0 Å². The minimum absolute atomic E-state index is 0.191. The molecule has 5 nitrogen and oxygen atoms in total. The maximum Gasteiger partial charge on any atom is 0.145 e. The van der Waals surface area contributed by atoms with Crippen molar-refractivity contribution in [2.45, 2.75) is 40.7 Å². The molecule has 0 saturated carbocycles. The van der Waals surface area contributed by atoms with Crippen LogP contribution >= 0.6 is 0 Å². The van der Waals surface area contributed by atoms with Gasteiger partial charge in [0.25, 0.3) is 0 Å². The molecule has 1 atom stereocenters. The van der Waals surface area contributed by atoms with Crippen LogP contribution in [-0.4, -0.2) is 23.1 Å². The summed E-state index contributed by atoms with van der Waals surface area (Å²) in [5.74, 6) is 2.31. The molecule has 2 aromatic carbocycles. The molecule has 164 valence electrons. The summed E-state index contributed by atoms with van der Waals surface area (Å²) in [6, 6.07) is 9.97. The van der Waals surface area contributed by atoms with Gasteiger partial charge >= 0.3 is 0 Å². The lowest BCUT2D eigenvalue weighted by Gasteiger charge is -2.19. The summed E-state index contributed by atoms with van der Waals surface area (Å²) in [5, 5.41) is 4.12. The van der Waals surface area contributed by atoms with E-state index >= 15 is 0 Å². The minimum Gasteiger partial charge on any atom is -0.494 e. The number of methoxy groups -OCH3 is 1. The second kappa shape index (κ2) is 11.1. The molecular weight excluding hydrogens is 393 g/mol. The third-order valence-electron chi connectivity index (χ3n) is 4.64. The molecule has 3 rings (SSSR count). The van der Waals surface area contributed by atoms with Crippen LogP contribution in [0.3, 0.4) is 0 Å². The van der Waals surface area contributed by atoms with E-state index < -0.39 is 0 Å². The molecule has 1 N–H and O–H groups in total. The first-order valence-electron chi connectivity index (χ1n) is 10.3. The van der Waals surface area contributed by atoms with Crippen LogP contribution in [0, 0.1) is 5.82 Å². The molecule has 1 aromatic heterocycles. The van der Waals surface area contributed by atoms with E-state index in [2.05, 4.69) is 21.9 Å². The quantitative estimate of drug-likeness (QED) is 0.427. The summed E-state index contributed by atoms with van der Waals surface area (Å²) < 4.78 is 24.6. The van der Waals surface area contributed by atoms with Crippen molar-refractivity contribution in [3.8, 4) is 16.9 Å². The Kier molecular flexibility index (Phi) is 8.55. The highest BCUT2D eigenvalue weighted by Crippen LogP contribution is 2.34.